The van der Waals surface area contributed by atoms with Gasteiger partial charge in [-0.2, -0.15) is 0 Å². The van der Waals surface area contributed by atoms with Gasteiger partial charge in [0.1, 0.15) is 0 Å². The zero-order valence-electron chi connectivity index (χ0n) is 14.5. The number of benzene rings is 2. The van der Waals surface area contributed by atoms with E-state index in [9.17, 15) is 19.7 Å². The van der Waals surface area contributed by atoms with Gasteiger partial charge in [0.05, 0.1) is 15.5 Å². The number of rotatable bonds is 4. The predicted molar refractivity (Wildman–Crippen MR) is 102 cm³/mol. The Labute approximate surface area is 161 Å². The summed E-state index contributed by atoms with van der Waals surface area (Å²) in [7, 11) is 0. The van der Waals surface area contributed by atoms with Crippen LogP contribution in [0.4, 0.5) is 11.4 Å². The van der Waals surface area contributed by atoms with Gasteiger partial charge in [0.25, 0.3) is 17.5 Å². The molecule has 2 amide bonds. The second kappa shape index (κ2) is 8.18. The van der Waals surface area contributed by atoms with Crippen LogP contribution in [0.3, 0.4) is 0 Å². The zero-order chi connectivity index (χ0) is 19.4. The van der Waals surface area contributed by atoms with Crippen LogP contribution in [-0.2, 0) is 0 Å². The third-order valence-corrected chi connectivity index (χ3v) is 4.75. The fourth-order valence-electron chi connectivity index (χ4n) is 2.98. The maximum Gasteiger partial charge on any atom is 0.270 e. The highest BCUT2D eigenvalue weighted by atomic mass is 35.5. The molecule has 2 aromatic rings. The molecule has 2 aromatic carbocycles. The number of carbonyl (C=O) groups excluding carboxylic acids is 2. The van der Waals surface area contributed by atoms with Crippen LogP contribution in [0.15, 0.2) is 42.5 Å². The van der Waals surface area contributed by atoms with E-state index in [0.29, 0.717) is 11.3 Å². The first-order chi connectivity index (χ1) is 13.0. The highest BCUT2D eigenvalue weighted by Gasteiger charge is 2.18. The van der Waals surface area contributed by atoms with Crippen LogP contribution in [0.2, 0.25) is 5.02 Å². The minimum Gasteiger partial charge on any atom is -0.339 e. The van der Waals surface area contributed by atoms with E-state index < -0.39 is 10.8 Å². The van der Waals surface area contributed by atoms with Crippen molar-refractivity contribution in [3.63, 3.8) is 0 Å². The standard InChI is InChI=1S/C19H18ClN3O4/c20-17-12-15(23(26)27)8-9-16(17)18(24)21-14-6-4-13(5-7-14)19(25)22-10-2-1-3-11-22/h4-9,12H,1-3,10-11H2,(H,21,24). The number of hydrogen-bond acceptors (Lipinski definition) is 4. The van der Waals surface area contributed by atoms with E-state index in [1.165, 1.54) is 12.1 Å². The lowest BCUT2D eigenvalue weighted by Crippen LogP contribution is -2.35. The van der Waals surface area contributed by atoms with Crippen molar-refractivity contribution in [2.45, 2.75) is 19.3 Å². The number of non-ortho nitro benzene ring substituents is 1. The number of nitrogens with one attached hydrogen (secondary N) is 1. The van der Waals surface area contributed by atoms with Crippen LogP contribution in [0, 0.1) is 10.1 Å². The minimum absolute atomic E-state index is 0.00130. The van der Waals surface area contributed by atoms with E-state index in [1.807, 2.05) is 4.90 Å². The number of carbonyl (C=O) groups is 2. The van der Waals surface area contributed by atoms with Gasteiger partial charge in [0, 0.05) is 36.5 Å². The average Bonchev–Trinajstić information content (AvgIpc) is 2.68. The Kier molecular flexibility index (Phi) is 5.71. The van der Waals surface area contributed by atoms with Crippen molar-refractivity contribution in [1.82, 2.24) is 4.90 Å². The fraction of sp³-hybridized carbons (Fsp3) is 0.263. The summed E-state index contributed by atoms with van der Waals surface area (Å²) in [6.45, 7) is 1.55. The smallest absolute Gasteiger partial charge is 0.270 e. The molecule has 140 valence electrons. The number of nitro benzene ring substituents is 1. The molecule has 8 heteroatoms. The summed E-state index contributed by atoms with van der Waals surface area (Å²) in [5.41, 5.74) is 1.03. The Bertz CT molecular complexity index is 877. The molecule has 7 nitrogen and oxygen atoms in total. The van der Waals surface area contributed by atoms with Gasteiger partial charge in [-0.1, -0.05) is 11.6 Å². The largest absolute Gasteiger partial charge is 0.339 e. The summed E-state index contributed by atoms with van der Waals surface area (Å²) in [5, 5.41) is 13.4. The van der Waals surface area contributed by atoms with Crippen molar-refractivity contribution in [2.75, 3.05) is 18.4 Å². The molecule has 27 heavy (non-hydrogen) atoms. The maximum atomic E-state index is 12.5. The first-order valence-electron chi connectivity index (χ1n) is 8.60. The summed E-state index contributed by atoms with van der Waals surface area (Å²) in [5.74, 6) is -0.490. The van der Waals surface area contributed by atoms with Crippen LogP contribution < -0.4 is 5.32 Å². The lowest BCUT2D eigenvalue weighted by Gasteiger charge is -2.26. The SMILES string of the molecule is O=C(Nc1ccc(C(=O)N2CCCCC2)cc1)c1ccc([N+](=O)[O-])cc1Cl. The molecule has 1 heterocycles. The Morgan fingerprint density at radius 3 is 2.30 bits per heavy atom. The molecule has 1 fully saturated rings. The molecule has 0 radical (unpaired) electrons. The summed E-state index contributed by atoms with van der Waals surface area (Å²) >= 11 is 5.97. The Hall–Kier alpha value is -2.93. The first-order valence-corrected chi connectivity index (χ1v) is 8.98. The topological polar surface area (TPSA) is 92.6 Å². The monoisotopic (exact) mass is 387 g/mol. The first kappa shape index (κ1) is 18.8. The van der Waals surface area contributed by atoms with Crippen molar-refractivity contribution in [1.29, 1.82) is 0 Å². The normalized spacial score (nSPS) is 13.9. The van der Waals surface area contributed by atoms with E-state index in [4.69, 9.17) is 11.6 Å². The van der Waals surface area contributed by atoms with Gasteiger partial charge >= 0.3 is 0 Å². The molecular formula is C19H18ClN3O4. The second-order valence-electron chi connectivity index (χ2n) is 6.31. The number of nitro groups is 1. The number of nitrogens with zero attached hydrogens (tertiary/aromatic N) is 2. The molecule has 1 aliphatic rings. The van der Waals surface area contributed by atoms with Crippen molar-refractivity contribution in [3.8, 4) is 0 Å². The molecule has 1 N–H and O–H groups in total. The number of likely N-dealkylation sites (tertiary alicyclic amines) is 1. The number of piperidine rings is 1. The van der Waals surface area contributed by atoms with Crippen molar-refractivity contribution >= 4 is 34.8 Å². The Balaban J connectivity index is 1.68. The number of halogens is 1. The summed E-state index contributed by atoms with van der Waals surface area (Å²) in [6.07, 6.45) is 3.20. The van der Waals surface area contributed by atoms with Crippen molar-refractivity contribution in [3.05, 3.63) is 68.7 Å². The molecule has 1 saturated heterocycles. The highest BCUT2D eigenvalue weighted by Crippen LogP contribution is 2.23. The zero-order valence-corrected chi connectivity index (χ0v) is 15.2. The lowest BCUT2D eigenvalue weighted by molar-refractivity contribution is -0.384. The lowest BCUT2D eigenvalue weighted by atomic mass is 10.1. The van der Waals surface area contributed by atoms with E-state index in [0.717, 1.165) is 38.4 Å². The molecular weight excluding hydrogens is 370 g/mol. The minimum atomic E-state index is -0.578. The van der Waals surface area contributed by atoms with Crippen LogP contribution >= 0.6 is 11.6 Å². The van der Waals surface area contributed by atoms with Crippen LogP contribution in [0.1, 0.15) is 40.0 Å². The Morgan fingerprint density at radius 2 is 1.70 bits per heavy atom. The Morgan fingerprint density at radius 1 is 1.04 bits per heavy atom. The van der Waals surface area contributed by atoms with E-state index in [1.54, 1.807) is 24.3 Å². The van der Waals surface area contributed by atoms with Crippen LogP contribution in [-0.4, -0.2) is 34.7 Å². The second-order valence-corrected chi connectivity index (χ2v) is 6.71. The van der Waals surface area contributed by atoms with Gasteiger partial charge in [-0.05, 0) is 49.6 Å². The summed E-state index contributed by atoms with van der Waals surface area (Å²) < 4.78 is 0. The molecule has 0 spiro atoms. The average molecular weight is 388 g/mol. The molecule has 3 rings (SSSR count). The van der Waals surface area contributed by atoms with Crippen molar-refractivity contribution < 1.29 is 14.5 Å². The van der Waals surface area contributed by atoms with E-state index >= 15 is 0 Å². The van der Waals surface area contributed by atoms with E-state index in [2.05, 4.69) is 5.32 Å². The van der Waals surface area contributed by atoms with Crippen LogP contribution in [0.5, 0.6) is 0 Å². The quantitative estimate of drug-likeness (QED) is 0.630. The number of hydrogen-bond donors (Lipinski definition) is 1. The number of anilines is 1. The number of amides is 2. The third-order valence-electron chi connectivity index (χ3n) is 4.44. The molecule has 0 saturated carbocycles. The van der Waals surface area contributed by atoms with Gasteiger partial charge < -0.3 is 10.2 Å². The van der Waals surface area contributed by atoms with Gasteiger partial charge in [0.15, 0.2) is 0 Å². The van der Waals surface area contributed by atoms with Crippen molar-refractivity contribution in [2.24, 2.45) is 0 Å². The molecule has 0 aromatic heterocycles. The van der Waals surface area contributed by atoms with Gasteiger partial charge in [0.2, 0.25) is 0 Å². The molecule has 0 atom stereocenters. The maximum absolute atomic E-state index is 12.5. The van der Waals surface area contributed by atoms with Crippen LogP contribution in [0.25, 0.3) is 0 Å². The molecule has 1 aliphatic heterocycles. The summed E-state index contributed by atoms with van der Waals surface area (Å²) in [4.78, 5) is 36.8. The van der Waals surface area contributed by atoms with E-state index in [-0.39, 0.29) is 22.2 Å². The van der Waals surface area contributed by atoms with Gasteiger partial charge in [-0.25, -0.2) is 0 Å². The predicted octanol–water partition coefficient (Wildman–Crippen LogP) is 4.13. The van der Waals surface area contributed by atoms with Gasteiger partial charge in [-0.3, -0.25) is 19.7 Å². The molecule has 0 bridgehead atoms. The fourth-order valence-corrected chi connectivity index (χ4v) is 3.24. The highest BCUT2D eigenvalue weighted by molar-refractivity contribution is 6.34. The summed E-state index contributed by atoms with van der Waals surface area (Å²) in [6, 6.07) is 10.3. The molecule has 0 aliphatic carbocycles. The third kappa shape index (κ3) is 4.43. The molecule has 0 unspecified atom stereocenters. The van der Waals surface area contributed by atoms with Gasteiger partial charge in [-0.15, -0.1) is 0 Å².